The van der Waals surface area contributed by atoms with Crippen LogP contribution in [-0.4, -0.2) is 31.1 Å². The number of thioether (sulfide) groups is 1. The monoisotopic (exact) mass is 429 g/mol. The van der Waals surface area contributed by atoms with Crippen molar-refractivity contribution in [3.8, 4) is 0 Å². The van der Waals surface area contributed by atoms with Gasteiger partial charge in [-0.2, -0.15) is 13.2 Å². The van der Waals surface area contributed by atoms with E-state index in [1.54, 1.807) is 24.3 Å². The van der Waals surface area contributed by atoms with Gasteiger partial charge in [0.25, 0.3) is 5.91 Å². The minimum Gasteiger partial charge on any atom is -0.348 e. The Balaban J connectivity index is 1.65. The van der Waals surface area contributed by atoms with Crippen LogP contribution < -0.4 is 5.32 Å². The summed E-state index contributed by atoms with van der Waals surface area (Å²) in [6, 6.07) is 11.5. The van der Waals surface area contributed by atoms with Crippen molar-refractivity contribution in [1.82, 2.24) is 5.32 Å². The molecule has 9 heteroatoms. The van der Waals surface area contributed by atoms with Crippen LogP contribution in [0.25, 0.3) is 0 Å². The third-order valence-corrected chi connectivity index (χ3v) is 7.67. The number of alkyl halides is 3. The van der Waals surface area contributed by atoms with Gasteiger partial charge >= 0.3 is 6.18 Å². The summed E-state index contributed by atoms with van der Waals surface area (Å²) < 4.78 is 61.1. The van der Waals surface area contributed by atoms with Gasteiger partial charge in [0.2, 0.25) is 0 Å². The fourth-order valence-corrected chi connectivity index (χ4v) is 6.51. The average Bonchev–Trinajstić information content (AvgIpc) is 2.98. The van der Waals surface area contributed by atoms with Crippen LogP contribution in [0.2, 0.25) is 0 Å². The van der Waals surface area contributed by atoms with Gasteiger partial charge in [-0.05, 0) is 36.2 Å². The predicted octanol–water partition coefficient (Wildman–Crippen LogP) is 3.91. The lowest BCUT2D eigenvalue weighted by molar-refractivity contribution is -0.137. The van der Waals surface area contributed by atoms with Gasteiger partial charge in [0, 0.05) is 16.7 Å². The molecular formula is C19H18F3NO3S2. The summed E-state index contributed by atoms with van der Waals surface area (Å²) in [6.45, 7) is 0.0911. The number of carbonyl (C=O) groups excluding carboxylic acids is 1. The number of halogens is 3. The van der Waals surface area contributed by atoms with Crippen molar-refractivity contribution in [2.45, 2.75) is 29.3 Å². The van der Waals surface area contributed by atoms with Crippen LogP contribution in [0.15, 0.2) is 53.4 Å². The van der Waals surface area contributed by atoms with Gasteiger partial charge in [-0.15, -0.1) is 11.8 Å². The highest BCUT2D eigenvalue weighted by molar-refractivity contribution is 8.02. The number of hydrogen-bond acceptors (Lipinski definition) is 4. The molecule has 1 fully saturated rings. The van der Waals surface area contributed by atoms with Gasteiger partial charge in [-0.1, -0.05) is 24.3 Å². The Morgan fingerprint density at radius 2 is 1.79 bits per heavy atom. The van der Waals surface area contributed by atoms with Gasteiger partial charge in [0.05, 0.1) is 22.6 Å². The zero-order valence-corrected chi connectivity index (χ0v) is 16.3. The van der Waals surface area contributed by atoms with E-state index >= 15 is 0 Å². The summed E-state index contributed by atoms with van der Waals surface area (Å²) in [7, 11) is -3.01. The van der Waals surface area contributed by atoms with Crippen molar-refractivity contribution in [3.63, 3.8) is 0 Å². The Kier molecular flexibility index (Phi) is 6.04. The van der Waals surface area contributed by atoms with E-state index in [9.17, 15) is 26.4 Å². The minimum absolute atomic E-state index is 0.0890. The molecule has 28 heavy (non-hydrogen) atoms. The number of carbonyl (C=O) groups is 1. The Bertz CT molecular complexity index is 957. The summed E-state index contributed by atoms with van der Waals surface area (Å²) in [4.78, 5) is 13.2. The molecular weight excluding hydrogens is 411 g/mol. The molecule has 0 radical (unpaired) electrons. The lowest BCUT2D eigenvalue weighted by atomic mass is 10.1. The zero-order valence-electron chi connectivity index (χ0n) is 14.7. The average molecular weight is 429 g/mol. The van der Waals surface area contributed by atoms with E-state index in [2.05, 4.69) is 5.32 Å². The van der Waals surface area contributed by atoms with Crippen LogP contribution in [0, 0.1) is 0 Å². The van der Waals surface area contributed by atoms with Gasteiger partial charge in [-0.25, -0.2) is 8.42 Å². The van der Waals surface area contributed by atoms with Crippen molar-refractivity contribution in [2.75, 3.05) is 11.5 Å². The number of nitrogens with one attached hydrogen (secondary N) is 1. The first-order valence-corrected chi connectivity index (χ1v) is 11.2. The van der Waals surface area contributed by atoms with E-state index in [1.807, 2.05) is 0 Å². The molecule has 3 rings (SSSR count). The standard InChI is InChI=1S/C19H18F3NO3S2/c20-19(21,22)14-7-5-13(6-8-14)11-23-18(24)16-3-1-2-4-17(16)27-15-9-10-28(25,26)12-15/h1-8,15H,9-12H2,(H,23,24). The number of rotatable bonds is 5. The highest BCUT2D eigenvalue weighted by Crippen LogP contribution is 2.33. The largest absolute Gasteiger partial charge is 0.416 e. The molecule has 0 bridgehead atoms. The normalized spacial score (nSPS) is 18.8. The van der Waals surface area contributed by atoms with Crippen LogP contribution in [0.3, 0.4) is 0 Å². The molecule has 1 amide bonds. The Hall–Kier alpha value is -2.00. The van der Waals surface area contributed by atoms with Crippen LogP contribution in [-0.2, 0) is 22.6 Å². The van der Waals surface area contributed by atoms with E-state index in [0.717, 1.165) is 12.1 Å². The summed E-state index contributed by atoms with van der Waals surface area (Å²) >= 11 is 1.37. The summed E-state index contributed by atoms with van der Waals surface area (Å²) in [5.74, 6) is -0.101. The summed E-state index contributed by atoms with van der Waals surface area (Å²) in [5.41, 5.74) is 0.230. The quantitative estimate of drug-likeness (QED) is 0.783. The van der Waals surface area contributed by atoms with Gasteiger partial charge in [0.1, 0.15) is 0 Å². The molecule has 0 aliphatic carbocycles. The van der Waals surface area contributed by atoms with E-state index in [0.29, 0.717) is 22.4 Å². The van der Waals surface area contributed by atoms with Crippen LogP contribution in [0.1, 0.15) is 27.9 Å². The molecule has 0 saturated carbocycles. The second-order valence-electron chi connectivity index (χ2n) is 6.52. The number of amides is 1. The molecule has 0 spiro atoms. The number of hydrogen-bond donors (Lipinski definition) is 1. The third-order valence-electron chi connectivity index (χ3n) is 4.35. The SMILES string of the molecule is O=C(NCc1ccc(C(F)(F)F)cc1)c1ccccc1SC1CCS(=O)(=O)C1. The van der Waals surface area contributed by atoms with Gasteiger partial charge < -0.3 is 5.32 Å². The molecule has 1 saturated heterocycles. The fourth-order valence-electron chi connectivity index (χ4n) is 2.88. The molecule has 2 aromatic rings. The zero-order chi connectivity index (χ0) is 20.4. The second kappa shape index (κ2) is 8.16. The van der Waals surface area contributed by atoms with Crippen molar-refractivity contribution < 1.29 is 26.4 Å². The molecule has 1 aliphatic heterocycles. The van der Waals surface area contributed by atoms with E-state index in [4.69, 9.17) is 0 Å². The highest BCUT2D eigenvalue weighted by Gasteiger charge is 2.30. The molecule has 150 valence electrons. The lowest BCUT2D eigenvalue weighted by Gasteiger charge is -2.13. The first-order chi connectivity index (χ1) is 13.1. The minimum atomic E-state index is -4.40. The van der Waals surface area contributed by atoms with E-state index in [1.165, 1.54) is 23.9 Å². The van der Waals surface area contributed by atoms with Crippen molar-refractivity contribution >= 4 is 27.5 Å². The maximum Gasteiger partial charge on any atom is 0.416 e. The number of benzene rings is 2. The maximum atomic E-state index is 12.6. The van der Waals surface area contributed by atoms with Crippen molar-refractivity contribution in [1.29, 1.82) is 0 Å². The predicted molar refractivity (Wildman–Crippen MR) is 102 cm³/mol. The summed E-state index contributed by atoms with van der Waals surface area (Å²) in [5, 5.41) is 2.61. The van der Waals surface area contributed by atoms with Crippen LogP contribution in [0.5, 0.6) is 0 Å². The van der Waals surface area contributed by atoms with E-state index in [-0.39, 0.29) is 29.2 Å². The van der Waals surface area contributed by atoms with Gasteiger partial charge in [-0.3, -0.25) is 4.79 Å². The first-order valence-electron chi connectivity index (χ1n) is 8.54. The maximum absolute atomic E-state index is 12.6. The van der Waals surface area contributed by atoms with Gasteiger partial charge in [0.15, 0.2) is 9.84 Å². The fraction of sp³-hybridized carbons (Fsp3) is 0.316. The van der Waals surface area contributed by atoms with Crippen molar-refractivity contribution in [3.05, 3.63) is 65.2 Å². The van der Waals surface area contributed by atoms with Crippen LogP contribution in [0.4, 0.5) is 13.2 Å². The molecule has 0 aromatic heterocycles. The van der Waals surface area contributed by atoms with Crippen molar-refractivity contribution in [2.24, 2.45) is 0 Å². The topological polar surface area (TPSA) is 63.2 Å². The molecule has 1 atom stereocenters. The second-order valence-corrected chi connectivity index (χ2v) is 10.1. The highest BCUT2D eigenvalue weighted by atomic mass is 32.2. The van der Waals surface area contributed by atoms with E-state index < -0.39 is 21.6 Å². The Morgan fingerprint density at radius 3 is 2.39 bits per heavy atom. The molecule has 1 heterocycles. The lowest BCUT2D eigenvalue weighted by Crippen LogP contribution is -2.23. The smallest absolute Gasteiger partial charge is 0.348 e. The number of sulfone groups is 1. The molecule has 1 unspecified atom stereocenters. The Morgan fingerprint density at radius 1 is 1.11 bits per heavy atom. The molecule has 1 aliphatic rings. The van der Waals surface area contributed by atoms with Crippen LogP contribution >= 0.6 is 11.8 Å². The molecule has 2 aromatic carbocycles. The third kappa shape index (κ3) is 5.29. The molecule has 1 N–H and O–H groups in total. The molecule has 4 nitrogen and oxygen atoms in total. The Labute approximate surface area is 165 Å². The summed E-state index contributed by atoms with van der Waals surface area (Å²) in [6.07, 6.45) is -3.85. The first kappa shape index (κ1) is 20.7.